The molecule has 1 aromatic heterocycles. The molecule has 0 saturated heterocycles. The van der Waals surface area contributed by atoms with E-state index in [0.717, 1.165) is 21.8 Å². The molecule has 2 aromatic carbocycles. The molecule has 0 N–H and O–H groups in total. The second-order valence-corrected chi connectivity index (χ2v) is 7.16. The molecule has 7 heteroatoms. The van der Waals surface area contributed by atoms with Crippen LogP contribution in [0.25, 0.3) is 0 Å². The summed E-state index contributed by atoms with van der Waals surface area (Å²) in [5, 5.41) is 9.08. The van der Waals surface area contributed by atoms with Gasteiger partial charge in [-0.05, 0) is 23.8 Å². The van der Waals surface area contributed by atoms with Gasteiger partial charge in [-0.3, -0.25) is 4.79 Å². The molecule has 0 spiro atoms. The van der Waals surface area contributed by atoms with Crippen molar-refractivity contribution in [1.82, 2.24) is 15.0 Å². The highest BCUT2D eigenvalue weighted by atomic mass is 35.5. The van der Waals surface area contributed by atoms with Gasteiger partial charge in [0, 0.05) is 9.92 Å². The maximum Gasteiger partial charge on any atom is 0.237 e. The van der Waals surface area contributed by atoms with E-state index in [0.29, 0.717) is 23.9 Å². The number of amides is 1. The maximum absolute atomic E-state index is 12.3. The van der Waals surface area contributed by atoms with Gasteiger partial charge in [-0.1, -0.05) is 47.1 Å². The van der Waals surface area contributed by atoms with Crippen molar-refractivity contribution in [3.63, 3.8) is 0 Å². The van der Waals surface area contributed by atoms with Crippen LogP contribution in [0.4, 0.5) is 5.69 Å². The van der Waals surface area contributed by atoms with Crippen molar-refractivity contribution in [2.45, 2.75) is 18.0 Å². The lowest BCUT2D eigenvalue weighted by atomic mass is 10.2. The Morgan fingerprint density at radius 1 is 1.08 bits per heavy atom. The van der Waals surface area contributed by atoms with Gasteiger partial charge in [0.2, 0.25) is 5.91 Å². The molecular formula is C18H15ClN4OS. The third-order valence-electron chi connectivity index (χ3n) is 4.00. The van der Waals surface area contributed by atoms with Gasteiger partial charge in [-0.15, -0.1) is 16.9 Å². The molecule has 4 rings (SSSR count). The number of carbonyl (C=O) groups is 1. The minimum absolute atomic E-state index is 0.0874. The quantitative estimate of drug-likeness (QED) is 0.703. The van der Waals surface area contributed by atoms with Crippen LogP contribution in [0.3, 0.4) is 0 Å². The maximum atomic E-state index is 12.3. The van der Waals surface area contributed by atoms with E-state index in [1.165, 1.54) is 0 Å². The minimum atomic E-state index is 0.0874. The smallest absolute Gasteiger partial charge is 0.237 e. The van der Waals surface area contributed by atoms with Gasteiger partial charge < -0.3 is 4.90 Å². The molecule has 126 valence electrons. The van der Waals surface area contributed by atoms with Crippen molar-refractivity contribution in [2.75, 3.05) is 10.7 Å². The van der Waals surface area contributed by atoms with Crippen molar-refractivity contribution >= 4 is 35.0 Å². The Morgan fingerprint density at radius 3 is 2.76 bits per heavy atom. The largest absolute Gasteiger partial charge is 0.304 e. The van der Waals surface area contributed by atoms with E-state index >= 15 is 0 Å². The van der Waals surface area contributed by atoms with Gasteiger partial charge >= 0.3 is 0 Å². The van der Waals surface area contributed by atoms with Gasteiger partial charge in [-0.25, -0.2) is 4.68 Å². The van der Waals surface area contributed by atoms with Crippen LogP contribution in [-0.4, -0.2) is 26.7 Å². The average molecular weight is 371 g/mol. The highest BCUT2D eigenvalue weighted by Gasteiger charge is 2.25. The van der Waals surface area contributed by atoms with E-state index in [-0.39, 0.29) is 5.91 Å². The number of anilines is 1. The van der Waals surface area contributed by atoms with Crippen LogP contribution in [0, 0.1) is 0 Å². The van der Waals surface area contributed by atoms with Gasteiger partial charge in [0.15, 0.2) is 0 Å². The molecule has 1 aliphatic heterocycles. The summed E-state index contributed by atoms with van der Waals surface area (Å²) < 4.78 is 1.74. The molecule has 0 radical (unpaired) electrons. The lowest BCUT2D eigenvalue weighted by molar-refractivity contribution is -0.116. The van der Waals surface area contributed by atoms with Gasteiger partial charge in [-0.2, -0.15) is 0 Å². The Hall–Kier alpha value is -2.31. The lowest BCUT2D eigenvalue weighted by Crippen LogP contribution is -2.34. The third-order valence-corrected chi connectivity index (χ3v) is 5.42. The van der Waals surface area contributed by atoms with Crippen LogP contribution in [-0.2, 0) is 17.9 Å². The van der Waals surface area contributed by atoms with Crippen molar-refractivity contribution in [2.24, 2.45) is 0 Å². The van der Waals surface area contributed by atoms with Gasteiger partial charge in [0.05, 0.1) is 30.7 Å². The average Bonchev–Trinajstić information content (AvgIpc) is 3.07. The van der Waals surface area contributed by atoms with Crippen LogP contribution in [0.1, 0.15) is 11.3 Å². The van der Waals surface area contributed by atoms with Crippen molar-refractivity contribution in [1.29, 1.82) is 0 Å². The van der Waals surface area contributed by atoms with E-state index in [4.69, 9.17) is 11.6 Å². The Balaban J connectivity index is 1.54. The number of para-hydroxylation sites is 1. The summed E-state index contributed by atoms with van der Waals surface area (Å²) in [6, 6.07) is 15.6. The zero-order valence-electron chi connectivity index (χ0n) is 13.3. The first-order valence-corrected chi connectivity index (χ1v) is 9.21. The molecular weight excluding hydrogens is 356 g/mol. The van der Waals surface area contributed by atoms with Crippen LogP contribution in [0.2, 0.25) is 5.02 Å². The molecule has 2 heterocycles. The topological polar surface area (TPSA) is 51.0 Å². The first kappa shape index (κ1) is 16.2. The minimum Gasteiger partial charge on any atom is -0.304 e. The fourth-order valence-electron chi connectivity index (χ4n) is 2.78. The van der Waals surface area contributed by atoms with E-state index < -0.39 is 0 Å². The summed E-state index contributed by atoms with van der Waals surface area (Å²) in [5.74, 6) is 0.537. The molecule has 1 aliphatic rings. The second-order valence-electron chi connectivity index (χ2n) is 5.74. The molecule has 0 saturated carbocycles. The van der Waals surface area contributed by atoms with Gasteiger partial charge in [0.1, 0.15) is 5.69 Å². The number of hydrogen-bond acceptors (Lipinski definition) is 4. The van der Waals surface area contributed by atoms with Crippen LogP contribution in [0.15, 0.2) is 59.6 Å². The van der Waals surface area contributed by atoms with Crippen LogP contribution < -0.4 is 4.90 Å². The van der Waals surface area contributed by atoms with Crippen molar-refractivity contribution < 1.29 is 4.79 Å². The van der Waals surface area contributed by atoms with E-state index in [2.05, 4.69) is 10.3 Å². The summed E-state index contributed by atoms with van der Waals surface area (Å²) >= 11 is 7.77. The first-order valence-electron chi connectivity index (χ1n) is 7.85. The normalized spacial score (nSPS) is 13.8. The molecule has 1 amide bonds. The van der Waals surface area contributed by atoms with E-state index in [9.17, 15) is 4.79 Å². The fourth-order valence-corrected chi connectivity index (χ4v) is 3.91. The number of rotatable bonds is 4. The number of benzene rings is 2. The van der Waals surface area contributed by atoms with Crippen LogP contribution >= 0.6 is 23.4 Å². The molecule has 3 aromatic rings. The number of aromatic nitrogens is 3. The highest BCUT2D eigenvalue weighted by Crippen LogP contribution is 2.35. The number of nitrogens with zero attached hydrogens (tertiary/aromatic N) is 4. The first-order chi connectivity index (χ1) is 12.2. The lowest BCUT2D eigenvalue weighted by Gasteiger charge is -2.28. The third kappa shape index (κ3) is 3.41. The fraction of sp³-hybridized carbons (Fsp3) is 0.167. The number of carbonyl (C=O) groups excluding carboxylic acids is 1. The van der Waals surface area contributed by atoms with E-state index in [1.54, 1.807) is 21.3 Å². The molecule has 0 bridgehead atoms. The number of thioether (sulfide) groups is 1. The SMILES string of the molecule is O=C1CSc2ccccc2N1Cc1cn(Cc2ccccc2Cl)nn1. The Kier molecular flexibility index (Phi) is 4.46. The molecule has 25 heavy (non-hydrogen) atoms. The number of halogens is 1. The predicted molar refractivity (Wildman–Crippen MR) is 98.9 cm³/mol. The standard InChI is InChI=1S/C18H15ClN4OS/c19-15-6-2-1-5-13(15)9-22-10-14(20-21-22)11-23-16-7-3-4-8-17(16)25-12-18(23)24/h1-8,10H,9,11-12H2. The monoisotopic (exact) mass is 370 g/mol. The molecule has 0 unspecified atom stereocenters. The van der Waals surface area contributed by atoms with E-state index in [1.807, 2.05) is 54.7 Å². The Morgan fingerprint density at radius 2 is 1.88 bits per heavy atom. The zero-order valence-corrected chi connectivity index (χ0v) is 14.9. The Labute approximate surface area is 154 Å². The summed E-state index contributed by atoms with van der Waals surface area (Å²) in [6.45, 7) is 0.964. The predicted octanol–water partition coefficient (Wildman–Crippen LogP) is 3.62. The summed E-state index contributed by atoms with van der Waals surface area (Å²) in [4.78, 5) is 15.2. The highest BCUT2D eigenvalue weighted by molar-refractivity contribution is 8.00. The zero-order chi connectivity index (χ0) is 17.2. The number of fused-ring (bicyclic) bond motifs is 1. The second kappa shape index (κ2) is 6.90. The van der Waals surface area contributed by atoms with Crippen LogP contribution in [0.5, 0.6) is 0 Å². The Bertz CT molecular complexity index is 927. The molecule has 0 aliphatic carbocycles. The summed E-state index contributed by atoms with van der Waals surface area (Å²) in [5.41, 5.74) is 2.67. The van der Waals surface area contributed by atoms with Crippen molar-refractivity contribution in [3.8, 4) is 0 Å². The molecule has 0 fully saturated rings. The summed E-state index contributed by atoms with van der Waals surface area (Å²) in [6.07, 6.45) is 1.86. The molecule has 0 atom stereocenters. The van der Waals surface area contributed by atoms with Crippen molar-refractivity contribution in [3.05, 3.63) is 71.0 Å². The summed E-state index contributed by atoms with van der Waals surface area (Å²) in [7, 11) is 0. The van der Waals surface area contributed by atoms with Gasteiger partial charge in [0.25, 0.3) is 0 Å². The molecule has 5 nitrogen and oxygen atoms in total. The number of hydrogen-bond donors (Lipinski definition) is 0.